The molecule has 0 saturated heterocycles. The van der Waals surface area contributed by atoms with Gasteiger partial charge in [0.1, 0.15) is 18.0 Å². The molecule has 2 aromatic carbocycles. The quantitative estimate of drug-likeness (QED) is 0.150. The summed E-state index contributed by atoms with van der Waals surface area (Å²) >= 11 is 5.05. The molecule has 0 spiro atoms. The second-order valence-electron chi connectivity index (χ2n) is 11.6. The van der Waals surface area contributed by atoms with Crippen molar-refractivity contribution in [3.05, 3.63) is 69.1 Å². The summed E-state index contributed by atoms with van der Waals surface area (Å²) in [4.78, 5) is 18.6. The molecule has 11 heteroatoms. The monoisotopic (exact) mass is 686 g/mol. The number of carbonyl (C=O) groups excluding carboxylic acids is 1. The van der Waals surface area contributed by atoms with E-state index in [1.807, 2.05) is 32.0 Å². The summed E-state index contributed by atoms with van der Waals surface area (Å²) < 4.78 is 35.1. The van der Waals surface area contributed by atoms with E-state index >= 15 is 0 Å². The van der Waals surface area contributed by atoms with Crippen LogP contribution in [0.15, 0.2) is 57.3 Å². The van der Waals surface area contributed by atoms with Crippen molar-refractivity contribution in [2.45, 2.75) is 89.3 Å². The minimum atomic E-state index is -0.641. The molecule has 0 bridgehead atoms. The maximum absolute atomic E-state index is 14.3. The number of nitrogens with zero attached hydrogens (tertiary/aromatic N) is 3. The number of halogens is 2. The molecule has 8 nitrogen and oxygen atoms in total. The summed E-state index contributed by atoms with van der Waals surface area (Å²) in [6.07, 6.45) is 5.79. The van der Waals surface area contributed by atoms with Crippen LogP contribution < -0.4 is 14.8 Å². The van der Waals surface area contributed by atoms with Crippen molar-refractivity contribution in [3.63, 3.8) is 0 Å². The lowest BCUT2D eigenvalue weighted by Crippen LogP contribution is -2.32. The Morgan fingerprint density at radius 2 is 1.95 bits per heavy atom. The number of allylic oxidation sites excluding steroid dienone is 1. The molecular weight excluding hydrogens is 647 g/mol. The SMILES string of the molecule is CCOc1cc(C2C(C(=O)OC3CCCCC3)=C(C)Nc3nc(SCc4ccccc4F)nn32)cc(Br)c1OCCC(C)C. The molecule has 2 aliphatic rings. The van der Waals surface area contributed by atoms with Gasteiger partial charge in [0.2, 0.25) is 11.1 Å². The fourth-order valence-corrected chi connectivity index (χ4v) is 6.86. The van der Waals surface area contributed by atoms with Crippen LogP contribution in [-0.4, -0.2) is 40.1 Å². The van der Waals surface area contributed by atoms with Crippen LogP contribution in [0.1, 0.15) is 83.4 Å². The topological polar surface area (TPSA) is 87.5 Å². The van der Waals surface area contributed by atoms with Crippen LogP contribution in [-0.2, 0) is 15.3 Å². The second kappa shape index (κ2) is 14.8. The highest BCUT2D eigenvalue weighted by Gasteiger charge is 2.37. The highest BCUT2D eigenvalue weighted by atomic mass is 79.9. The van der Waals surface area contributed by atoms with Crippen molar-refractivity contribution >= 4 is 39.6 Å². The molecule has 1 N–H and O–H groups in total. The third-order valence-electron chi connectivity index (χ3n) is 7.78. The number of nitrogens with one attached hydrogen (secondary N) is 1. The van der Waals surface area contributed by atoms with E-state index in [2.05, 4.69) is 35.1 Å². The summed E-state index contributed by atoms with van der Waals surface area (Å²) in [5, 5.41) is 8.56. The van der Waals surface area contributed by atoms with Gasteiger partial charge in [-0.2, -0.15) is 4.98 Å². The Hall–Kier alpha value is -3.05. The number of benzene rings is 2. The van der Waals surface area contributed by atoms with Crippen molar-refractivity contribution in [2.24, 2.45) is 5.92 Å². The molecule has 1 aliphatic heterocycles. The van der Waals surface area contributed by atoms with E-state index < -0.39 is 6.04 Å². The van der Waals surface area contributed by atoms with Crippen molar-refractivity contribution in [2.75, 3.05) is 18.5 Å². The lowest BCUT2D eigenvalue weighted by molar-refractivity contribution is -0.146. The predicted molar refractivity (Wildman–Crippen MR) is 174 cm³/mol. The molecular formula is C33H40BrFN4O4S. The minimum Gasteiger partial charge on any atom is -0.490 e. The molecule has 1 aromatic heterocycles. The molecule has 2 heterocycles. The van der Waals surface area contributed by atoms with Gasteiger partial charge < -0.3 is 19.5 Å². The van der Waals surface area contributed by atoms with Gasteiger partial charge in [-0.1, -0.05) is 50.2 Å². The number of thioether (sulfide) groups is 1. The number of rotatable bonds is 12. The number of fused-ring (bicyclic) bond motifs is 1. The molecule has 44 heavy (non-hydrogen) atoms. The Labute approximate surface area is 271 Å². The molecule has 1 aliphatic carbocycles. The lowest BCUT2D eigenvalue weighted by atomic mass is 9.94. The van der Waals surface area contributed by atoms with Gasteiger partial charge >= 0.3 is 5.97 Å². The van der Waals surface area contributed by atoms with Gasteiger partial charge in [0.25, 0.3) is 0 Å². The second-order valence-corrected chi connectivity index (χ2v) is 13.4. The maximum atomic E-state index is 14.3. The highest BCUT2D eigenvalue weighted by Crippen LogP contribution is 2.44. The normalized spacial score (nSPS) is 16.9. The number of aromatic nitrogens is 3. The van der Waals surface area contributed by atoms with Crippen LogP contribution in [0.2, 0.25) is 0 Å². The number of esters is 1. The Balaban J connectivity index is 1.52. The summed E-state index contributed by atoms with van der Waals surface area (Å²) in [7, 11) is 0. The first-order valence-corrected chi connectivity index (χ1v) is 17.1. The van der Waals surface area contributed by atoms with Gasteiger partial charge in [-0.15, -0.1) is 5.10 Å². The van der Waals surface area contributed by atoms with Gasteiger partial charge in [-0.3, -0.25) is 0 Å². The zero-order valence-electron chi connectivity index (χ0n) is 25.7. The number of hydrogen-bond acceptors (Lipinski definition) is 8. The smallest absolute Gasteiger partial charge is 0.338 e. The lowest BCUT2D eigenvalue weighted by Gasteiger charge is -2.30. The van der Waals surface area contributed by atoms with E-state index in [-0.39, 0.29) is 17.9 Å². The average molecular weight is 688 g/mol. The molecule has 1 saturated carbocycles. The molecule has 1 unspecified atom stereocenters. The maximum Gasteiger partial charge on any atom is 0.338 e. The first-order valence-electron chi connectivity index (χ1n) is 15.4. The van der Waals surface area contributed by atoms with Crippen LogP contribution in [0.25, 0.3) is 0 Å². The molecule has 0 amide bonds. The minimum absolute atomic E-state index is 0.108. The van der Waals surface area contributed by atoms with Crippen LogP contribution in [0, 0.1) is 11.7 Å². The first kappa shape index (κ1) is 32.3. The Kier molecular flexibility index (Phi) is 10.9. The van der Waals surface area contributed by atoms with E-state index in [0.717, 1.165) is 44.1 Å². The van der Waals surface area contributed by atoms with Gasteiger partial charge in [0, 0.05) is 11.4 Å². The highest BCUT2D eigenvalue weighted by molar-refractivity contribution is 9.10. The predicted octanol–water partition coefficient (Wildman–Crippen LogP) is 8.46. The van der Waals surface area contributed by atoms with Crippen molar-refractivity contribution in [1.29, 1.82) is 0 Å². The fourth-order valence-electron chi connectivity index (χ4n) is 5.47. The number of carbonyl (C=O) groups is 1. The standard InChI is InChI=1S/C33H40BrFN4O4S/c1-5-41-27-18-23(17-25(34)30(27)42-16-15-20(2)3)29-28(31(40)43-24-12-7-6-8-13-24)21(4)36-32-37-33(38-39(29)32)44-19-22-11-9-10-14-26(22)35/h9-11,14,17-18,20,24,29H,5-8,12-13,15-16,19H2,1-4H3,(H,36,37,38). The van der Waals surface area contributed by atoms with Gasteiger partial charge in [0.15, 0.2) is 11.5 Å². The summed E-state index contributed by atoms with van der Waals surface area (Å²) in [6.45, 7) is 9.09. The van der Waals surface area contributed by atoms with E-state index in [1.165, 1.54) is 17.8 Å². The van der Waals surface area contributed by atoms with Crippen molar-refractivity contribution in [3.8, 4) is 11.5 Å². The number of ether oxygens (including phenoxy) is 3. The molecule has 5 rings (SSSR count). The first-order chi connectivity index (χ1) is 21.2. The Morgan fingerprint density at radius 1 is 1.18 bits per heavy atom. The van der Waals surface area contributed by atoms with Crippen LogP contribution in [0.5, 0.6) is 11.5 Å². The van der Waals surface area contributed by atoms with E-state index in [1.54, 1.807) is 16.8 Å². The van der Waals surface area contributed by atoms with Crippen LogP contribution in [0.3, 0.4) is 0 Å². The number of hydrogen-bond donors (Lipinski definition) is 1. The molecule has 236 valence electrons. The molecule has 0 radical (unpaired) electrons. The zero-order valence-corrected chi connectivity index (χ0v) is 28.1. The Bertz CT molecular complexity index is 1500. The average Bonchev–Trinajstić information content (AvgIpc) is 3.40. The number of anilines is 1. The van der Waals surface area contributed by atoms with E-state index in [9.17, 15) is 9.18 Å². The van der Waals surface area contributed by atoms with Crippen molar-refractivity contribution < 1.29 is 23.4 Å². The summed E-state index contributed by atoms with van der Waals surface area (Å²) in [5.41, 5.74) is 2.44. The van der Waals surface area contributed by atoms with Crippen molar-refractivity contribution in [1.82, 2.24) is 14.8 Å². The molecule has 1 fully saturated rings. The fraction of sp³-hybridized carbons (Fsp3) is 0.485. The molecule has 3 aromatic rings. The largest absolute Gasteiger partial charge is 0.490 e. The zero-order chi connectivity index (χ0) is 31.2. The van der Waals surface area contributed by atoms with E-state index in [4.69, 9.17) is 24.3 Å². The van der Waals surface area contributed by atoms with E-state index in [0.29, 0.717) is 68.8 Å². The third kappa shape index (κ3) is 7.59. The van der Waals surface area contributed by atoms with Gasteiger partial charge in [-0.05, 0) is 97.1 Å². The Morgan fingerprint density at radius 3 is 2.68 bits per heavy atom. The van der Waals surface area contributed by atoms with Crippen LogP contribution >= 0.6 is 27.7 Å². The summed E-state index contributed by atoms with van der Waals surface area (Å²) in [5.74, 6) is 1.91. The third-order valence-corrected chi connectivity index (χ3v) is 9.26. The van der Waals surface area contributed by atoms with Crippen LogP contribution in [0.4, 0.5) is 10.3 Å². The molecule has 1 atom stereocenters. The van der Waals surface area contributed by atoms with Gasteiger partial charge in [0.05, 0.1) is 23.3 Å². The summed E-state index contributed by atoms with van der Waals surface area (Å²) in [6, 6.07) is 9.89. The van der Waals surface area contributed by atoms with Gasteiger partial charge in [-0.25, -0.2) is 13.9 Å².